The molecule has 0 amide bonds. The van der Waals surface area contributed by atoms with Crippen LogP contribution in [0.15, 0.2) is 15.4 Å². The summed E-state index contributed by atoms with van der Waals surface area (Å²) in [5.74, 6) is 1.15. The maximum absolute atomic E-state index is 13.0. The number of piperidine rings is 1. The van der Waals surface area contributed by atoms with Gasteiger partial charge in [-0.05, 0) is 33.2 Å². The number of nitrogens with one attached hydrogen (secondary N) is 1. The van der Waals surface area contributed by atoms with E-state index in [2.05, 4.69) is 12.2 Å². The van der Waals surface area contributed by atoms with E-state index in [-0.39, 0.29) is 6.04 Å². The van der Waals surface area contributed by atoms with Crippen molar-refractivity contribution in [1.82, 2.24) is 9.62 Å². The fraction of sp³-hybridized carbons (Fsp3) is 0.733. The molecule has 0 aliphatic carbocycles. The molecule has 1 aromatic heterocycles. The summed E-state index contributed by atoms with van der Waals surface area (Å²) in [6.07, 6.45) is 4.96. The number of hydrogen-bond donors (Lipinski definition) is 1. The molecule has 6 heteroatoms. The Morgan fingerprint density at radius 2 is 2.19 bits per heavy atom. The van der Waals surface area contributed by atoms with Crippen molar-refractivity contribution in [2.75, 3.05) is 13.6 Å². The molecule has 1 aliphatic rings. The average molecular weight is 314 g/mol. The fourth-order valence-corrected chi connectivity index (χ4v) is 4.99. The van der Waals surface area contributed by atoms with E-state index in [1.54, 1.807) is 17.3 Å². The van der Waals surface area contributed by atoms with Gasteiger partial charge in [-0.25, -0.2) is 8.42 Å². The highest BCUT2D eigenvalue weighted by atomic mass is 32.2. The molecule has 0 aromatic carbocycles. The highest BCUT2D eigenvalue weighted by Gasteiger charge is 2.35. The van der Waals surface area contributed by atoms with Crippen molar-refractivity contribution in [3.63, 3.8) is 0 Å². The van der Waals surface area contributed by atoms with Crippen molar-refractivity contribution >= 4 is 10.0 Å². The van der Waals surface area contributed by atoms with Crippen LogP contribution >= 0.6 is 0 Å². The summed E-state index contributed by atoms with van der Waals surface area (Å²) in [5.41, 5.74) is 0. The van der Waals surface area contributed by atoms with Gasteiger partial charge in [0.05, 0.1) is 6.54 Å². The molecule has 1 aliphatic heterocycles. The Morgan fingerprint density at radius 3 is 2.86 bits per heavy atom. The van der Waals surface area contributed by atoms with Gasteiger partial charge in [-0.15, -0.1) is 0 Å². The number of nitrogens with zero attached hydrogens (tertiary/aromatic N) is 1. The fourth-order valence-electron chi connectivity index (χ4n) is 3.08. The molecule has 2 heterocycles. The molecule has 1 unspecified atom stereocenters. The minimum Gasteiger partial charge on any atom is -0.464 e. The smallest absolute Gasteiger partial charge is 0.246 e. The molecule has 5 nitrogen and oxygen atoms in total. The molecule has 21 heavy (non-hydrogen) atoms. The predicted octanol–water partition coefficient (Wildman–Crippen LogP) is 2.65. The monoisotopic (exact) mass is 314 g/mol. The molecule has 1 fully saturated rings. The van der Waals surface area contributed by atoms with E-state index in [0.717, 1.165) is 32.1 Å². The average Bonchev–Trinajstić information content (AvgIpc) is 2.82. The second-order valence-corrected chi connectivity index (χ2v) is 7.58. The molecule has 2 rings (SSSR count). The van der Waals surface area contributed by atoms with Crippen molar-refractivity contribution < 1.29 is 12.8 Å². The SMILES string of the molecule is CCCC1CCCCN1S(=O)(=O)c1cc(CNC)oc1C. The summed E-state index contributed by atoms with van der Waals surface area (Å²) in [6.45, 7) is 4.99. The van der Waals surface area contributed by atoms with Gasteiger partial charge in [0.1, 0.15) is 16.4 Å². The van der Waals surface area contributed by atoms with E-state index in [4.69, 9.17) is 4.42 Å². The molecular weight excluding hydrogens is 288 g/mol. The molecule has 120 valence electrons. The zero-order valence-corrected chi connectivity index (χ0v) is 14.0. The van der Waals surface area contributed by atoms with E-state index in [1.165, 1.54) is 0 Å². The van der Waals surface area contributed by atoms with Crippen LogP contribution in [0.3, 0.4) is 0 Å². The minimum absolute atomic E-state index is 0.135. The molecule has 1 saturated heterocycles. The molecular formula is C15H26N2O3S. The van der Waals surface area contributed by atoms with Crippen LogP contribution in [0.25, 0.3) is 0 Å². The van der Waals surface area contributed by atoms with Crippen molar-refractivity contribution in [2.24, 2.45) is 0 Å². The molecule has 0 spiro atoms. The zero-order valence-electron chi connectivity index (χ0n) is 13.2. The lowest BCUT2D eigenvalue weighted by molar-refractivity contribution is 0.239. The Kier molecular flexibility index (Phi) is 5.46. The first-order chi connectivity index (χ1) is 10.0. The Hall–Kier alpha value is -0.850. The summed E-state index contributed by atoms with van der Waals surface area (Å²) in [4.78, 5) is 0.329. The molecule has 0 radical (unpaired) electrons. The van der Waals surface area contributed by atoms with Gasteiger partial charge in [-0.1, -0.05) is 19.8 Å². The Bertz CT molecular complexity index is 563. The van der Waals surface area contributed by atoms with Crippen LogP contribution in [0.1, 0.15) is 50.5 Å². The van der Waals surface area contributed by atoms with Crippen LogP contribution in [-0.4, -0.2) is 32.4 Å². The summed E-state index contributed by atoms with van der Waals surface area (Å²) in [7, 11) is -1.64. The lowest BCUT2D eigenvalue weighted by Crippen LogP contribution is -2.43. The standard InChI is InChI=1S/C15H26N2O3S/c1-4-7-13-8-5-6-9-17(13)21(18,19)15-10-14(11-16-3)20-12(15)2/h10,13,16H,4-9,11H2,1-3H3. The normalized spacial score (nSPS) is 20.8. The largest absolute Gasteiger partial charge is 0.464 e. The summed E-state index contributed by atoms with van der Waals surface area (Å²) in [6, 6.07) is 1.80. The Morgan fingerprint density at radius 1 is 1.43 bits per heavy atom. The summed E-state index contributed by atoms with van der Waals surface area (Å²) in [5, 5.41) is 2.98. The third-order valence-corrected chi connectivity index (χ3v) is 6.12. The molecule has 1 atom stereocenters. The van der Waals surface area contributed by atoms with Crippen LogP contribution < -0.4 is 5.32 Å². The topological polar surface area (TPSA) is 62.6 Å². The van der Waals surface area contributed by atoms with Gasteiger partial charge in [0.25, 0.3) is 0 Å². The lowest BCUT2D eigenvalue weighted by Gasteiger charge is -2.34. The first-order valence-corrected chi connectivity index (χ1v) is 9.20. The molecule has 1 aromatic rings. The highest BCUT2D eigenvalue weighted by molar-refractivity contribution is 7.89. The van der Waals surface area contributed by atoms with E-state index in [1.807, 2.05) is 7.05 Å². The number of aryl methyl sites for hydroxylation is 1. The molecule has 0 bridgehead atoms. The number of sulfonamides is 1. The Balaban J connectivity index is 2.31. The van der Waals surface area contributed by atoms with Crippen LogP contribution in [0.4, 0.5) is 0 Å². The minimum atomic E-state index is -3.45. The summed E-state index contributed by atoms with van der Waals surface area (Å²) < 4.78 is 33.2. The van der Waals surface area contributed by atoms with E-state index >= 15 is 0 Å². The number of furan rings is 1. The summed E-state index contributed by atoms with van der Waals surface area (Å²) >= 11 is 0. The maximum atomic E-state index is 13.0. The first kappa shape index (κ1) is 16.5. The van der Waals surface area contributed by atoms with Crippen molar-refractivity contribution in [2.45, 2.75) is 63.4 Å². The second-order valence-electron chi connectivity index (χ2n) is 5.72. The number of rotatable bonds is 6. The first-order valence-electron chi connectivity index (χ1n) is 7.76. The second kappa shape index (κ2) is 6.94. The van der Waals surface area contributed by atoms with Crippen molar-refractivity contribution in [1.29, 1.82) is 0 Å². The lowest BCUT2D eigenvalue weighted by atomic mass is 10.0. The molecule has 1 N–H and O–H groups in total. The van der Waals surface area contributed by atoms with Crippen LogP contribution in [0, 0.1) is 6.92 Å². The van der Waals surface area contributed by atoms with Crippen molar-refractivity contribution in [3.8, 4) is 0 Å². The van der Waals surface area contributed by atoms with Crippen molar-refractivity contribution in [3.05, 3.63) is 17.6 Å². The van der Waals surface area contributed by atoms with Gasteiger partial charge >= 0.3 is 0 Å². The highest BCUT2D eigenvalue weighted by Crippen LogP contribution is 2.30. The van der Waals surface area contributed by atoms with Gasteiger partial charge in [0.15, 0.2) is 0 Å². The predicted molar refractivity (Wildman–Crippen MR) is 82.6 cm³/mol. The van der Waals surface area contributed by atoms with E-state index in [0.29, 0.717) is 29.5 Å². The van der Waals surface area contributed by atoms with Gasteiger partial charge in [-0.2, -0.15) is 4.31 Å². The molecule has 0 saturated carbocycles. The van der Waals surface area contributed by atoms with Gasteiger partial charge in [0.2, 0.25) is 10.0 Å². The van der Waals surface area contributed by atoms with Gasteiger partial charge in [-0.3, -0.25) is 0 Å². The quantitative estimate of drug-likeness (QED) is 0.877. The maximum Gasteiger partial charge on any atom is 0.246 e. The van der Waals surface area contributed by atoms with Crippen LogP contribution in [0.2, 0.25) is 0 Å². The van der Waals surface area contributed by atoms with Gasteiger partial charge < -0.3 is 9.73 Å². The van der Waals surface area contributed by atoms with Crippen LogP contribution in [0.5, 0.6) is 0 Å². The zero-order chi connectivity index (χ0) is 15.5. The van der Waals surface area contributed by atoms with E-state index < -0.39 is 10.0 Å². The van der Waals surface area contributed by atoms with E-state index in [9.17, 15) is 8.42 Å². The van der Waals surface area contributed by atoms with Gasteiger partial charge in [0, 0.05) is 18.7 Å². The third-order valence-electron chi connectivity index (χ3n) is 4.06. The third kappa shape index (κ3) is 3.49. The van der Waals surface area contributed by atoms with Crippen LogP contribution in [-0.2, 0) is 16.6 Å². The number of hydrogen-bond acceptors (Lipinski definition) is 4. The Labute approximate surface area is 127 Å².